The van der Waals surface area contributed by atoms with Gasteiger partial charge in [-0.25, -0.2) is 13.8 Å². The van der Waals surface area contributed by atoms with Crippen molar-refractivity contribution in [3.63, 3.8) is 0 Å². The van der Waals surface area contributed by atoms with Crippen molar-refractivity contribution in [3.8, 4) is 0 Å². The van der Waals surface area contributed by atoms with Crippen LogP contribution >= 0.6 is 0 Å². The van der Waals surface area contributed by atoms with Crippen molar-refractivity contribution in [1.82, 2.24) is 14.5 Å². The van der Waals surface area contributed by atoms with Crippen LogP contribution in [-0.4, -0.2) is 45.8 Å². The molecule has 1 saturated heterocycles. The number of carbonyl (C=O) groups excluding carboxylic acids is 2. The number of hydrogen-bond acceptors (Lipinski definition) is 6. The van der Waals surface area contributed by atoms with E-state index in [1.165, 1.54) is 70.3 Å². The Labute approximate surface area is 285 Å². The third kappa shape index (κ3) is 11.3. The van der Waals surface area contributed by atoms with E-state index in [2.05, 4.69) is 11.8 Å². The average Bonchev–Trinajstić information content (AvgIpc) is 3.07. The normalized spacial score (nSPS) is 17.0. The van der Waals surface area contributed by atoms with E-state index in [0.717, 1.165) is 37.8 Å². The maximum absolute atomic E-state index is 14.1. The number of piperidine rings is 1. The quantitative estimate of drug-likeness (QED) is 0.0796. The van der Waals surface area contributed by atoms with E-state index in [4.69, 9.17) is 9.72 Å². The fourth-order valence-electron chi connectivity index (χ4n) is 7.25. The standard InChI is InChI=1S/C39H57F2N3O4/c1-3-4-5-6-7-8-9-10-11-12-13-14-15-18-36(45)48-35-17-16-24-44-38(35)42-29(2)32(39(44)47)23-27-43-25-21-30(22-26-43)37(46)33-20-19-31(40)28-34(33)41/h19-20,28,30,35H,3-18,21-27H2,1-2H3. The van der Waals surface area contributed by atoms with E-state index < -0.39 is 17.7 Å². The molecule has 4 rings (SSSR count). The first-order valence-electron chi connectivity index (χ1n) is 18.8. The second-order valence-corrected chi connectivity index (χ2v) is 14.0. The summed E-state index contributed by atoms with van der Waals surface area (Å²) in [5.41, 5.74) is 1.22. The summed E-state index contributed by atoms with van der Waals surface area (Å²) in [4.78, 5) is 46.1. The predicted molar refractivity (Wildman–Crippen MR) is 185 cm³/mol. The third-order valence-corrected chi connectivity index (χ3v) is 10.2. The minimum Gasteiger partial charge on any atom is -0.454 e. The zero-order chi connectivity index (χ0) is 34.3. The van der Waals surface area contributed by atoms with Gasteiger partial charge < -0.3 is 9.64 Å². The van der Waals surface area contributed by atoms with Gasteiger partial charge in [-0.15, -0.1) is 0 Å². The largest absolute Gasteiger partial charge is 0.454 e. The minimum atomic E-state index is -0.815. The summed E-state index contributed by atoms with van der Waals surface area (Å²) in [7, 11) is 0. The number of ketones is 1. The van der Waals surface area contributed by atoms with Crippen LogP contribution in [0, 0.1) is 24.5 Å². The lowest BCUT2D eigenvalue weighted by Crippen LogP contribution is -2.39. The monoisotopic (exact) mass is 669 g/mol. The van der Waals surface area contributed by atoms with Crippen molar-refractivity contribution in [2.45, 2.75) is 148 Å². The lowest BCUT2D eigenvalue weighted by Gasteiger charge is -2.31. The van der Waals surface area contributed by atoms with Crippen LogP contribution in [0.1, 0.15) is 156 Å². The Morgan fingerprint density at radius 3 is 2.12 bits per heavy atom. The van der Waals surface area contributed by atoms with Gasteiger partial charge in [0.1, 0.15) is 11.6 Å². The molecule has 0 radical (unpaired) electrons. The number of aromatic nitrogens is 2. The molecule has 1 atom stereocenters. The third-order valence-electron chi connectivity index (χ3n) is 10.2. The first-order chi connectivity index (χ1) is 23.3. The molecule has 3 heterocycles. The van der Waals surface area contributed by atoms with Crippen molar-refractivity contribution < 1.29 is 23.1 Å². The molecule has 1 fully saturated rings. The Kier molecular flexibility index (Phi) is 15.7. The molecule has 2 aliphatic heterocycles. The molecular weight excluding hydrogens is 612 g/mol. The summed E-state index contributed by atoms with van der Waals surface area (Å²) in [5.74, 6) is -1.75. The van der Waals surface area contributed by atoms with Gasteiger partial charge in [0.2, 0.25) is 0 Å². The summed E-state index contributed by atoms with van der Waals surface area (Å²) in [5, 5.41) is 0. The van der Waals surface area contributed by atoms with Crippen molar-refractivity contribution in [1.29, 1.82) is 0 Å². The van der Waals surface area contributed by atoms with Crippen LogP contribution in [0.4, 0.5) is 8.78 Å². The van der Waals surface area contributed by atoms with E-state index in [9.17, 15) is 23.2 Å². The van der Waals surface area contributed by atoms with Crippen molar-refractivity contribution >= 4 is 11.8 Å². The molecule has 2 aliphatic rings. The number of likely N-dealkylation sites (tertiary alicyclic amines) is 1. The number of nitrogens with zero attached hydrogens (tertiary/aromatic N) is 3. The highest BCUT2D eigenvalue weighted by molar-refractivity contribution is 5.98. The van der Waals surface area contributed by atoms with E-state index in [1.54, 1.807) is 4.57 Å². The fourth-order valence-corrected chi connectivity index (χ4v) is 7.25. The topological polar surface area (TPSA) is 81.5 Å². The Hall–Kier alpha value is -2.94. The number of aryl methyl sites for hydroxylation is 1. The maximum Gasteiger partial charge on any atom is 0.306 e. The molecule has 1 unspecified atom stereocenters. The zero-order valence-electron chi connectivity index (χ0n) is 29.4. The molecule has 1 aromatic carbocycles. The Morgan fingerprint density at radius 1 is 0.875 bits per heavy atom. The van der Waals surface area contributed by atoms with Crippen LogP contribution in [0.3, 0.4) is 0 Å². The summed E-state index contributed by atoms with van der Waals surface area (Å²) in [6.45, 7) is 6.64. The average molecular weight is 670 g/mol. The number of fused-ring (bicyclic) bond motifs is 1. The van der Waals surface area contributed by atoms with E-state index in [1.807, 2.05) is 6.92 Å². The number of carbonyl (C=O) groups is 2. The summed E-state index contributed by atoms with van der Waals surface area (Å²) in [6.07, 6.45) is 19.4. The number of rotatable bonds is 20. The van der Waals surface area contributed by atoms with Gasteiger partial charge >= 0.3 is 5.97 Å². The highest BCUT2D eigenvalue weighted by Gasteiger charge is 2.30. The SMILES string of the molecule is CCCCCCCCCCCCCCCC(=O)OC1CCCn2c1nc(C)c(CCN1CCC(C(=O)c3ccc(F)cc3F)CC1)c2=O. The highest BCUT2D eigenvalue weighted by Crippen LogP contribution is 2.28. The van der Waals surface area contributed by atoms with Gasteiger partial charge in [-0.05, 0) is 70.7 Å². The van der Waals surface area contributed by atoms with Crippen LogP contribution in [0.15, 0.2) is 23.0 Å². The highest BCUT2D eigenvalue weighted by atomic mass is 19.1. The number of benzene rings is 1. The molecule has 0 amide bonds. The summed E-state index contributed by atoms with van der Waals surface area (Å²) >= 11 is 0. The van der Waals surface area contributed by atoms with Gasteiger partial charge in [0.15, 0.2) is 17.7 Å². The van der Waals surface area contributed by atoms with Crippen LogP contribution in [0.2, 0.25) is 0 Å². The van der Waals surface area contributed by atoms with Gasteiger partial charge in [-0.3, -0.25) is 19.0 Å². The van der Waals surface area contributed by atoms with Gasteiger partial charge in [-0.2, -0.15) is 0 Å². The van der Waals surface area contributed by atoms with Crippen LogP contribution in [0.5, 0.6) is 0 Å². The number of halogens is 2. The second kappa shape index (κ2) is 19.9. The smallest absolute Gasteiger partial charge is 0.306 e. The first-order valence-corrected chi connectivity index (χ1v) is 18.8. The maximum atomic E-state index is 14.1. The van der Waals surface area contributed by atoms with Gasteiger partial charge in [0.25, 0.3) is 5.56 Å². The van der Waals surface area contributed by atoms with Crippen LogP contribution < -0.4 is 5.56 Å². The van der Waals surface area contributed by atoms with E-state index >= 15 is 0 Å². The Bertz CT molecular complexity index is 1390. The summed E-state index contributed by atoms with van der Waals surface area (Å²) in [6, 6.07) is 3.10. The minimum absolute atomic E-state index is 0.0535. The molecule has 0 N–H and O–H groups in total. The predicted octanol–water partition coefficient (Wildman–Crippen LogP) is 8.83. The van der Waals surface area contributed by atoms with E-state index in [-0.39, 0.29) is 28.8 Å². The Balaban J connectivity index is 1.16. The molecule has 0 saturated carbocycles. The van der Waals surface area contributed by atoms with Crippen LogP contribution in [-0.2, 0) is 22.5 Å². The van der Waals surface area contributed by atoms with Gasteiger partial charge in [-0.1, -0.05) is 84.0 Å². The first kappa shape index (κ1) is 37.9. The Morgan fingerprint density at radius 2 is 1.50 bits per heavy atom. The molecule has 48 heavy (non-hydrogen) atoms. The lowest BCUT2D eigenvalue weighted by molar-refractivity contribution is -0.151. The van der Waals surface area contributed by atoms with Gasteiger partial charge in [0.05, 0.1) is 5.56 Å². The van der Waals surface area contributed by atoms with Gasteiger partial charge in [0, 0.05) is 42.8 Å². The molecule has 7 nitrogen and oxygen atoms in total. The molecule has 0 spiro atoms. The molecule has 1 aromatic heterocycles. The molecule has 2 aromatic rings. The number of Topliss-reactive ketones (excluding diaryl/α,β-unsaturated/α-hetero) is 1. The summed E-state index contributed by atoms with van der Waals surface area (Å²) < 4.78 is 35.0. The zero-order valence-corrected chi connectivity index (χ0v) is 29.4. The van der Waals surface area contributed by atoms with Crippen molar-refractivity contribution in [3.05, 3.63) is 62.8 Å². The van der Waals surface area contributed by atoms with Crippen molar-refractivity contribution in [2.24, 2.45) is 5.92 Å². The number of hydrogen-bond donors (Lipinski definition) is 0. The second-order valence-electron chi connectivity index (χ2n) is 14.0. The number of esters is 1. The molecule has 0 bridgehead atoms. The molecular formula is C39H57F2N3O4. The van der Waals surface area contributed by atoms with Crippen molar-refractivity contribution in [2.75, 3.05) is 19.6 Å². The lowest BCUT2D eigenvalue weighted by atomic mass is 9.88. The molecule has 9 heteroatoms. The van der Waals surface area contributed by atoms with Crippen LogP contribution in [0.25, 0.3) is 0 Å². The number of unbranched alkanes of at least 4 members (excludes halogenated alkanes) is 12. The molecule has 0 aliphatic carbocycles. The molecule has 266 valence electrons. The van der Waals surface area contributed by atoms with E-state index in [0.29, 0.717) is 75.4 Å². The number of ether oxygens (including phenoxy) is 1. The fraction of sp³-hybridized carbons (Fsp3) is 0.692.